The van der Waals surface area contributed by atoms with Gasteiger partial charge in [-0.1, -0.05) is 18.5 Å². The van der Waals surface area contributed by atoms with Gasteiger partial charge in [-0.15, -0.1) is 0 Å². The van der Waals surface area contributed by atoms with Gasteiger partial charge in [0.05, 0.1) is 7.11 Å². The van der Waals surface area contributed by atoms with Crippen molar-refractivity contribution in [2.45, 2.75) is 13.5 Å². The third kappa shape index (κ3) is 5.19. The fourth-order valence-corrected chi connectivity index (χ4v) is 2.56. The van der Waals surface area contributed by atoms with E-state index in [-0.39, 0.29) is 0 Å². The summed E-state index contributed by atoms with van der Waals surface area (Å²) in [7, 11) is 1.68. The van der Waals surface area contributed by atoms with Gasteiger partial charge in [-0.25, -0.2) is 0 Å². The number of rotatable bonds is 7. The standard InChI is InChI=1S/C13H20ClNOS/c1-10(9-17-3)7-15-8-11-6-12(14)4-5-13(11)16-2/h4-6,10,15H,7-9H2,1-3H3. The molecule has 0 radical (unpaired) electrons. The van der Waals surface area contributed by atoms with Gasteiger partial charge >= 0.3 is 0 Å². The lowest BCUT2D eigenvalue weighted by atomic mass is 10.2. The largest absolute Gasteiger partial charge is 0.496 e. The van der Waals surface area contributed by atoms with Gasteiger partial charge in [0.1, 0.15) is 5.75 Å². The van der Waals surface area contributed by atoms with Crippen molar-refractivity contribution in [3.8, 4) is 5.75 Å². The highest BCUT2D eigenvalue weighted by Gasteiger charge is 2.05. The second-order valence-corrected chi connectivity index (χ2v) is 5.49. The molecule has 96 valence electrons. The third-order valence-electron chi connectivity index (χ3n) is 2.50. The van der Waals surface area contributed by atoms with Gasteiger partial charge in [-0.3, -0.25) is 0 Å². The first-order chi connectivity index (χ1) is 8.17. The summed E-state index contributed by atoms with van der Waals surface area (Å²) < 4.78 is 5.30. The van der Waals surface area contributed by atoms with Crippen LogP contribution in [-0.2, 0) is 6.54 Å². The fourth-order valence-electron chi connectivity index (χ4n) is 1.68. The summed E-state index contributed by atoms with van der Waals surface area (Å²) in [5.74, 6) is 2.74. The maximum absolute atomic E-state index is 5.98. The van der Waals surface area contributed by atoms with Gasteiger partial charge in [0.25, 0.3) is 0 Å². The maximum Gasteiger partial charge on any atom is 0.123 e. The van der Waals surface area contributed by atoms with Crippen LogP contribution < -0.4 is 10.1 Å². The van der Waals surface area contributed by atoms with Crippen molar-refractivity contribution in [2.75, 3.05) is 25.7 Å². The molecule has 1 aromatic carbocycles. The summed E-state index contributed by atoms with van der Waals surface area (Å²) in [5.41, 5.74) is 1.11. The number of thioether (sulfide) groups is 1. The summed E-state index contributed by atoms with van der Waals surface area (Å²) in [6.45, 7) is 4.05. The number of hydrogen-bond donors (Lipinski definition) is 1. The molecule has 17 heavy (non-hydrogen) atoms. The molecule has 0 saturated carbocycles. The van der Waals surface area contributed by atoms with Crippen LogP contribution in [0.5, 0.6) is 5.75 Å². The molecule has 0 aromatic heterocycles. The minimum Gasteiger partial charge on any atom is -0.496 e. The van der Waals surface area contributed by atoms with E-state index >= 15 is 0 Å². The van der Waals surface area contributed by atoms with Crippen LogP contribution >= 0.6 is 23.4 Å². The molecule has 1 unspecified atom stereocenters. The summed E-state index contributed by atoms with van der Waals surface area (Å²) in [6, 6.07) is 5.71. The lowest BCUT2D eigenvalue weighted by Gasteiger charge is -2.13. The molecule has 0 bridgehead atoms. The summed E-state index contributed by atoms with van der Waals surface area (Å²) in [6.07, 6.45) is 2.14. The average molecular weight is 274 g/mol. The van der Waals surface area contributed by atoms with E-state index in [2.05, 4.69) is 18.5 Å². The molecule has 0 heterocycles. The van der Waals surface area contributed by atoms with Gasteiger partial charge in [0.2, 0.25) is 0 Å². The molecule has 0 spiro atoms. The Bertz CT molecular complexity index is 346. The Morgan fingerprint density at radius 3 is 2.88 bits per heavy atom. The molecule has 0 aliphatic heterocycles. The van der Waals surface area contributed by atoms with Crippen LogP contribution in [0, 0.1) is 5.92 Å². The van der Waals surface area contributed by atoms with Crippen molar-refractivity contribution in [1.29, 1.82) is 0 Å². The molecule has 1 N–H and O–H groups in total. The van der Waals surface area contributed by atoms with Crippen molar-refractivity contribution in [3.63, 3.8) is 0 Å². The second kappa shape index (κ2) is 7.85. The Balaban J connectivity index is 2.48. The normalized spacial score (nSPS) is 12.5. The van der Waals surface area contributed by atoms with Gasteiger partial charge < -0.3 is 10.1 Å². The first-order valence-corrected chi connectivity index (χ1v) is 7.46. The quantitative estimate of drug-likeness (QED) is 0.822. The number of benzene rings is 1. The number of methoxy groups -OCH3 is 1. The Morgan fingerprint density at radius 2 is 2.24 bits per heavy atom. The molecule has 0 aliphatic rings. The van der Waals surface area contributed by atoms with E-state index in [4.69, 9.17) is 16.3 Å². The third-order valence-corrected chi connectivity index (χ3v) is 3.64. The van der Waals surface area contributed by atoms with Crippen LogP contribution in [0.15, 0.2) is 18.2 Å². The Morgan fingerprint density at radius 1 is 1.47 bits per heavy atom. The van der Waals surface area contributed by atoms with Crippen molar-refractivity contribution in [2.24, 2.45) is 5.92 Å². The van der Waals surface area contributed by atoms with Crippen LogP contribution in [0.4, 0.5) is 0 Å². The molecule has 4 heteroatoms. The fraction of sp³-hybridized carbons (Fsp3) is 0.538. The van der Waals surface area contributed by atoms with E-state index in [0.717, 1.165) is 29.4 Å². The Kier molecular flexibility index (Phi) is 6.78. The molecule has 1 atom stereocenters. The molecular weight excluding hydrogens is 254 g/mol. The monoisotopic (exact) mass is 273 g/mol. The van der Waals surface area contributed by atoms with E-state index in [9.17, 15) is 0 Å². The summed E-state index contributed by atoms with van der Waals surface area (Å²) in [4.78, 5) is 0. The number of ether oxygens (including phenoxy) is 1. The Hall–Kier alpha value is -0.380. The molecule has 0 aliphatic carbocycles. The van der Waals surface area contributed by atoms with E-state index in [1.807, 2.05) is 30.0 Å². The average Bonchev–Trinajstić information content (AvgIpc) is 2.30. The highest BCUT2D eigenvalue weighted by Crippen LogP contribution is 2.22. The topological polar surface area (TPSA) is 21.3 Å². The first-order valence-electron chi connectivity index (χ1n) is 5.69. The Labute approximate surface area is 113 Å². The SMILES string of the molecule is COc1ccc(Cl)cc1CNCC(C)CSC. The van der Waals surface area contributed by atoms with Gasteiger partial charge in [-0.2, -0.15) is 11.8 Å². The molecule has 0 fully saturated rings. The smallest absolute Gasteiger partial charge is 0.123 e. The molecular formula is C13H20ClNOS. The molecule has 2 nitrogen and oxygen atoms in total. The summed E-state index contributed by atoms with van der Waals surface area (Å²) in [5, 5.41) is 4.19. The van der Waals surface area contributed by atoms with Crippen LogP contribution in [0.3, 0.4) is 0 Å². The minimum absolute atomic E-state index is 0.676. The van der Waals surface area contributed by atoms with Crippen molar-refractivity contribution >= 4 is 23.4 Å². The van der Waals surface area contributed by atoms with E-state index < -0.39 is 0 Å². The zero-order valence-corrected chi connectivity index (χ0v) is 12.2. The number of halogens is 1. The predicted molar refractivity (Wildman–Crippen MR) is 77.3 cm³/mol. The lowest BCUT2D eigenvalue weighted by Crippen LogP contribution is -2.22. The van der Waals surface area contributed by atoms with Crippen LogP contribution in [0.25, 0.3) is 0 Å². The molecule has 0 saturated heterocycles. The van der Waals surface area contributed by atoms with Gasteiger partial charge in [0, 0.05) is 17.1 Å². The van der Waals surface area contributed by atoms with Crippen molar-refractivity contribution in [3.05, 3.63) is 28.8 Å². The van der Waals surface area contributed by atoms with Crippen LogP contribution in [0.2, 0.25) is 5.02 Å². The van der Waals surface area contributed by atoms with Crippen LogP contribution in [0.1, 0.15) is 12.5 Å². The zero-order chi connectivity index (χ0) is 12.7. The van der Waals surface area contributed by atoms with E-state index in [1.165, 1.54) is 5.75 Å². The number of hydrogen-bond acceptors (Lipinski definition) is 3. The van der Waals surface area contributed by atoms with Crippen LogP contribution in [-0.4, -0.2) is 25.7 Å². The number of nitrogens with one attached hydrogen (secondary N) is 1. The minimum atomic E-state index is 0.676. The molecule has 1 aromatic rings. The lowest BCUT2D eigenvalue weighted by molar-refractivity contribution is 0.407. The first kappa shape index (κ1) is 14.7. The molecule has 1 rings (SSSR count). The van der Waals surface area contributed by atoms with Crippen molar-refractivity contribution in [1.82, 2.24) is 5.32 Å². The van der Waals surface area contributed by atoms with E-state index in [1.54, 1.807) is 7.11 Å². The summed E-state index contributed by atoms with van der Waals surface area (Å²) >= 11 is 7.86. The van der Waals surface area contributed by atoms with Gasteiger partial charge in [-0.05, 0) is 42.7 Å². The van der Waals surface area contributed by atoms with Crippen molar-refractivity contribution < 1.29 is 4.74 Å². The van der Waals surface area contributed by atoms with Gasteiger partial charge in [0.15, 0.2) is 0 Å². The molecule has 0 amide bonds. The predicted octanol–water partition coefficient (Wildman–Crippen LogP) is 3.44. The maximum atomic E-state index is 5.98. The van der Waals surface area contributed by atoms with E-state index in [0.29, 0.717) is 5.92 Å². The zero-order valence-electron chi connectivity index (χ0n) is 10.6. The highest BCUT2D eigenvalue weighted by atomic mass is 35.5. The highest BCUT2D eigenvalue weighted by molar-refractivity contribution is 7.98. The second-order valence-electron chi connectivity index (χ2n) is 4.15.